The fourth-order valence-electron chi connectivity index (χ4n) is 3.09. The SMILES string of the molecule is COc1c(C)c2c(c(N)c1CC=C(C)CCC(=O)OC(C)C)C(=O)OC2. The Morgan fingerprint density at radius 2 is 2.04 bits per heavy atom. The molecule has 1 heterocycles. The fraction of sp³-hybridized carbons (Fsp3) is 0.500. The van der Waals surface area contributed by atoms with Gasteiger partial charge in [0.1, 0.15) is 12.4 Å². The molecule has 0 saturated heterocycles. The molecule has 1 aromatic rings. The molecular weight excluding hydrogens is 334 g/mol. The number of benzene rings is 1. The summed E-state index contributed by atoms with van der Waals surface area (Å²) in [6.07, 6.45) is 3.36. The van der Waals surface area contributed by atoms with Crippen LogP contribution in [0.5, 0.6) is 5.75 Å². The van der Waals surface area contributed by atoms with Crippen LogP contribution >= 0.6 is 0 Å². The summed E-state index contributed by atoms with van der Waals surface area (Å²) in [6.45, 7) is 7.75. The van der Waals surface area contributed by atoms with Gasteiger partial charge in [-0.1, -0.05) is 11.6 Å². The molecule has 0 bridgehead atoms. The van der Waals surface area contributed by atoms with Crippen molar-refractivity contribution in [2.75, 3.05) is 12.8 Å². The second-order valence-corrected chi connectivity index (χ2v) is 6.77. The maximum atomic E-state index is 12.0. The topological polar surface area (TPSA) is 87.9 Å². The van der Waals surface area contributed by atoms with Crippen LogP contribution in [0.25, 0.3) is 0 Å². The molecule has 1 aliphatic rings. The van der Waals surface area contributed by atoms with Crippen LogP contribution in [-0.2, 0) is 27.3 Å². The van der Waals surface area contributed by atoms with E-state index in [1.807, 2.05) is 33.8 Å². The van der Waals surface area contributed by atoms with Gasteiger partial charge in [-0.3, -0.25) is 4.79 Å². The number of ether oxygens (including phenoxy) is 3. The van der Waals surface area contributed by atoms with Crippen molar-refractivity contribution in [1.29, 1.82) is 0 Å². The lowest BCUT2D eigenvalue weighted by Gasteiger charge is -2.16. The Kier molecular flexibility index (Phi) is 6.29. The van der Waals surface area contributed by atoms with Gasteiger partial charge in [-0.25, -0.2) is 4.79 Å². The molecule has 0 aromatic heterocycles. The van der Waals surface area contributed by atoms with E-state index in [9.17, 15) is 9.59 Å². The molecule has 1 aliphatic heterocycles. The standard InChI is InChI=1S/C20H27NO5/c1-11(2)26-16(22)9-7-12(3)6-8-14-18(21)17-15(10-25-20(17)23)13(4)19(14)24-5/h6,11H,7-10,21H2,1-5H3. The summed E-state index contributed by atoms with van der Waals surface area (Å²) in [6, 6.07) is 0. The first-order valence-electron chi connectivity index (χ1n) is 8.76. The molecule has 0 saturated carbocycles. The van der Waals surface area contributed by atoms with E-state index in [2.05, 4.69) is 0 Å². The molecule has 26 heavy (non-hydrogen) atoms. The molecule has 0 radical (unpaired) electrons. The summed E-state index contributed by atoms with van der Waals surface area (Å²) in [5.74, 6) is 0.0884. The predicted molar refractivity (Wildman–Crippen MR) is 99.2 cm³/mol. The molecule has 0 aliphatic carbocycles. The maximum Gasteiger partial charge on any atom is 0.341 e. The molecule has 2 rings (SSSR count). The number of fused-ring (bicyclic) bond motifs is 1. The largest absolute Gasteiger partial charge is 0.496 e. The highest BCUT2D eigenvalue weighted by molar-refractivity contribution is 6.00. The Bertz CT molecular complexity index is 749. The molecule has 0 spiro atoms. The fourth-order valence-corrected chi connectivity index (χ4v) is 3.09. The van der Waals surface area contributed by atoms with Crippen LogP contribution in [0.3, 0.4) is 0 Å². The highest BCUT2D eigenvalue weighted by Crippen LogP contribution is 2.39. The van der Waals surface area contributed by atoms with Gasteiger partial charge in [-0.15, -0.1) is 0 Å². The number of esters is 2. The van der Waals surface area contributed by atoms with E-state index < -0.39 is 0 Å². The van der Waals surface area contributed by atoms with Crippen LogP contribution in [-0.4, -0.2) is 25.2 Å². The van der Waals surface area contributed by atoms with Gasteiger partial charge in [0.2, 0.25) is 0 Å². The van der Waals surface area contributed by atoms with Gasteiger partial charge >= 0.3 is 11.9 Å². The highest BCUT2D eigenvalue weighted by atomic mass is 16.5. The number of nitrogens with two attached hydrogens (primary N) is 1. The molecule has 0 unspecified atom stereocenters. The molecule has 1 aromatic carbocycles. The van der Waals surface area contributed by atoms with Crippen molar-refractivity contribution in [3.05, 3.63) is 33.9 Å². The minimum Gasteiger partial charge on any atom is -0.496 e. The van der Waals surface area contributed by atoms with Gasteiger partial charge in [0.05, 0.1) is 24.5 Å². The van der Waals surface area contributed by atoms with Gasteiger partial charge in [-0.05, 0) is 46.1 Å². The molecule has 6 heteroatoms. The van der Waals surface area contributed by atoms with E-state index in [1.54, 1.807) is 7.11 Å². The summed E-state index contributed by atoms with van der Waals surface area (Å²) in [5.41, 5.74) is 10.6. The van der Waals surface area contributed by atoms with Crippen LogP contribution in [0.2, 0.25) is 0 Å². The first-order valence-corrected chi connectivity index (χ1v) is 8.76. The second-order valence-electron chi connectivity index (χ2n) is 6.77. The molecule has 6 nitrogen and oxygen atoms in total. The van der Waals surface area contributed by atoms with E-state index in [0.717, 1.165) is 22.3 Å². The number of nitrogen functional groups attached to an aromatic ring is 1. The van der Waals surface area contributed by atoms with Gasteiger partial charge in [0, 0.05) is 17.5 Å². The molecule has 0 amide bonds. The Balaban J connectivity index is 2.19. The van der Waals surface area contributed by atoms with Crippen molar-refractivity contribution < 1.29 is 23.8 Å². The Hall–Kier alpha value is -2.50. The predicted octanol–water partition coefficient (Wildman–Crippen LogP) is 3.48. The third kappa shape index (κ3) is 4.18. The third-order valence-electron chi connectivity index (χ3n) is 4.46. The number of rotatable bonds is 7. The van der Waals surface area contributed by atoms with Gasteiger partial charge in [0.15, 0.2) is 0 Å². The molecule has 0 atom stereocenters. The first-order chi connectivity index (χ1) is 12.3. The van der Waals surface area contributed by atoms with Crippen LogP contribution in [0, 0.1) is 6.92 Å². The number of carbonyl (C=O) groups is 2. The lowest BCUT2D eigenvalue weighted by atomic mass is 9.94. The van der Waals surface area contributed by atoms with E-state index >= 15 is 0 Å². The van der Waals surface area contributed by atoms with Crippen molar-refractivity contribution in [2.45, 2.75) is 59.7 Å². The normalized spacial score (nSPS) is 13.6. The van der Waals surface area contributed by atoms with Gasteiger partial charge < -0.3 is 19.9 Å². The lowest BCUT2D eigenvalue weighted by Crippen LogP contribution is -2.11. The summed E-state index contributed by atoms with van der Waals surface area (Å²) in [7, 11) is 1.59. The van der Waals surface area contributed by atoms with E-state index in [4.69, 9.17) is 19.9 Å². The monoisotopic (exact) mass is 361 g/mol. The summed E-state index contributed by atoms with van der Waals surface area (Å²) < 4.78 is 15.8. The van der Waals surface area contributed by atoms with Crippen LogP contribution in [0.1, 0.15) is 60.7 Å². The smallest absolute Gasteiger partial charge is 0.341 e. The number of methoxy groups -OCH3 is 1. The minimum absolute atomic E-state index is 0.106. The quantitative estimate of drug-likeness (QED) is 0.454. The zero-order valence-corrected chi connectivity index (χ0v) is 16.1. The van der Waals surface area contributed by atoms with Crippen LogP contribution in [0.15, 0.2) is 11.6 Å². The average molecular weight is 361 g/mol. The Morgan fingerprint density at radius 3 is 2.65 bits per heavy atom. The highest BCUT2D eigenvalue weighted by Gasteiger charge is 2.30. The third-order valence-corrected chi connectivity index (χ3v) is 4.46. The minimum atomic E-state index is -0.387. The molecular formula is C20H27NO5. The maximum absolute atomic E-state index is 12.0. The van der Waals surface area contributed by atoms with Gasteiger partial charge in [0.25, 0.3) is 0 Å². The second kappa shape index (κ2) is 8.25. The van der Waals surface area contributed by atoms with Crippen molar-refractivity contribution >= 4 is 17.6 Å². The van der Waals surface area contributed by atoms with E-state index in [0.29, 0.717) is 36.3 Å². The number of allylic oxidation sites excluding steroid dienone is 2. The number of hydrogen-bond acceptors (Lipinski definition) is 6. The zero-order valence-electron chi connectivity index (χ0n) is 16.1. The molecule has 142 valence electrons. The Labute approximate surface area is 154 Å². The van der Waals surface area contributed by atoms with Crippen LogP contribution < -0.4 is 10.5 Å². The molecule has 0 fully saturated rings. The zero-order chi connectivity index (χ0) is 19.4. The summed E-state index contributed by atoms with van der Waals surface area (Å²) in [4.78, 5) is 23.6. The number of cyclic esters (lactones) is 1. The van der Waals surface area contributed by atoms with E-state index in [1.165, 1.54) is 0 Å². The van der Waals surface area contributed by atoms with Crippen LogP contribution in [0.4, 0.5) is 5.69 Å². The number of anilines is 1. The van der Waals surface area contributed by atoms with Crippen molar-refractivity contribution in [3.8, 4) is 5.75 Å². The van der Waals surface area contributed by atoms with Crippen molar-refractivity contribution in [3.63, 3.8) is 0 Å². The molecule has 2 N–H and O–H groups in total. The van der Waals surface area contributed by atoms with E-state index in [-0.39, 0.29) is 24.6 Å². The summed E-state index contributed by atoms with van der Waals surface area (Å²) in [5, 5.41) is 0. The lowest BCUT2D eigenvalue weighted by molar-refractivity contribution is -0.147. The Morgan fingerprint density at radius 1 is 1.35 bits per heavy atom. The first kappa shape index (κ1) is 19.8. The van der Waals surface area contributed by atoms with Crippen molar-refractivity contribution in [2.24, 2.45) is 0 Å². The summed E-state index contributed by atoms with van der Waals surface area (Å²) >= 11 is 0. The number of hydrogen-bond donors (Lipinski definition) is 1. The average Bonchev–Trinajstić information content (AvgIpc) is 2.96. The number of carbonyl (C=O) groups excluding carboxylic acids is 2. The van der Waals surface area contributed by atoms with Crippen molar-refractivity contribution in [1.82, 2.24) is 0 Å². The van der Waals surface area contributed by atoms with Gasteiger partial charge in [-0.2, -0.15) is 0 Å².